The van der Waals surface area contributed by atoms with E-state index in [0.29, 0.717) is 12.1 Å². The summed E-state index contributed by atoms with van der Waals surface area (Å²) >= 11 is 5.91. The average molecular weight is 568 g/mol. The van der Waals surface area contributed by atoms with E-state index in [1.165, 1.54) is 0 Å². The second kappa shape index (κ2) is 10.6. The standard InChI is InChI=1S/C22H13ClF7N3O5/c1-36-15-8-14(37-13-3-2-10(7-11(13)23)38-22(28,29)30)16(18(24)17(15)21(25,26)27)20(35)33-9-4-5-32-12(6-9)19(31)34/h2-8H,1H3,(H2,31,34)(H,32,33,35). The summed E-state index contributed by atoms with van der Waals surface area (Å²) in [5.74, 6) is -7.71. The van der Waals surface area contributed by atoms with Gasteiger partial charge in [-0.3, -0.25) is 14.6 Å². The number of carbonyl (C=O) groups excluding carboxylic acids is 2. The highest BCUT2D eigenvalue weighted by Crippen LogP contribution is 2.45. The number of pyridine rings is 1. The molecule has 0 spiro atoms. The predicted octanol–water partition coefficient (Wildman–Crippen LogP) is 5.94. The quantitative estimate of drug-likeness (QED) is 0.342. The van der Waals surface area contributed by atoms with Gasteiger partial charge in [0.2, 0.25) is 0 Å². The SMILES string of the molecule is COc1cc(Oc2ccc(OC(F)(F)F)cc2Cl)c(C(=O)Nc2ccnc(C(N)=O)c2)c(F)c1C(F)(F)F. The van der Waals surface area contributed by atoms with Crippen molar-refractivity contribution < 1.29 is 54.5 Å². The van der Waals surface area contributed by atoms with Crippen molar-refractivity contribution in [3.63, 3.8) is 0 Å². The number of aromatic nitrogens is 1. The fourth-order valence-electron chi connectivity index (χ4n) is 3.04. The minimum Gasteiger partial charge on any atom is -0.496 e. The van der Waals surface area contributed by atoms with E-state index in [9.17, 15) is 35.9 Å². The molecule has 0 atom stereocenters. The Hall–Kier alpha value is -4.27. The number of halogens is 8. The highest BCUT2D eigenvalue weighted by atomic mass is 35.5. The average Bonchev–Trinajstić information content (AvgIpc) is 2.78. The van der Waals surface area contributed by atoms with Gasteiger partial charge in [0, 0.05) is 24.0 Å². The molecule has 8 nitrogen and oxygen atoms in total. The molecule has 0 aliphatic rings. The first-order valence-electron chi connectivity index (χ1n) is 9.88. The Morgan fingerprint density at radius 2 is 1.68 bits per heavy atom. The van der Waals surface area contributed by atoms with Gasteiger partial charge in [0.15, 0.2) is 5.82 Å². The lowest BCUT2D eigenvalue weighted by Gasteiger charge is -2.19. The van der Waals surface area contributed by atoms with Gasteiger partial charge in [-0.05, 0) is 24.3 Å². The number of benzene rings is 2. The molecule has 202 valence electrons. The molecule has 1 aromatic heterocycles. The van der Waals surface area contributed by atoms with Crippen LogP contribution in [0.15, 0.2) is 42.6 Å². The van der Waals surface area contributed by atoms with E-state index in [4.69, 9.17) is 22.1 Å². The van der Waals surface area contributed by atoms with Gasteiger partial charge < -0.3 is 25.3 Å². The van der Waals surface area contributed by atoms with Crippen LogP contribution in [0.1, 0.15) is 26.4 Å². The molecule has 16 heteroatoms. The lowest BCUT2D eigenvalue weighted by Crippen LogP contribution is -2.20. The predicted molar refractivity (Wildman–Crippen MR) is 117 cm³/mol. The smallest absolute Gasteiger partial charge is 0.496 e. The van der Waals surface area contributed by atoms with E-state index in [-0.39, 0.29) is 11.4 Å². The molecule has 0 saturated carbocycles. The summed E-state index contributed by atoms with van der Waals surface area (Å²) < 4.78 is 107. The van der Waals surface area contributed by atoms with Gasteiger partial charge in [-0.2, -0.15) is 13.2 Å². The summed E-state index contributed by atoms with van der Waals surface area (Å²) in [5.41, 5.74) is 1.37. The first-order valence-corrected chi connectivity index (χ1v) is 10.3. The van der Waals surface area contributed by atoms with Crippen LogP contribution in [0, 0.1) is 5.82 Å². The second-order valence-electron chi connectivity index (χ2n) is 7.13. The van der Waals surface area contributed by atoms with Gasteiger partial charge in [-0.15, -0.1) is 13.2 Å². The van der Waals surface area contributed by atoms with Crippen molar-refractivity contribution in [1.82, 2.24) is 4.98 Å². The maximum atomic E-state index is 15.3. The molecular formula is C22H13ClF7N3O5. The molecule has 0 unspecified atom stereocenters. The van der Waals surface area contributed by atoms with E-state index in [1.54, 1.807) is 0 Å². The van der Waals surface area contributed by atoms with Gasteiger partial charge in [0.05, 0.1) is 12.1 Å². The van der Waals surface area contributed by atoms with Crippen LogP contribution in [0.2, 0.25) is 5.02 Å². The molecular weight excluding hydrogens is 555 g/mol. The minimum atomic E-state index is -5.33. The lowest BCUT2D eigenvalue weighted by atomic mass is 10.0. The van der Waals surface area contributed by atoms with E-state index in [0.717, 1.165) is 37.6 Å². The van der Waals surface area contributed by atoms with Crippen LogP contribution in [0.3, 0.4) is 0 Å². The summed E-state index contributed by atoms with van der Waals surface area (Å²) in [6, 6.07) is 4.92. The summed E-state index contributed by atoms with van der Waals surface area (Å²) in [4.78, 5) is 27.9. The molecule has 3 N–H and O–H groups in total. The Bertz CT molecular complexity index is 1400. The van der Waals surface area contributed by atoms with E-state index in [1.807, 2.05) is 0 Å². The summed E-state index contributed by atoms with van der Waals surface area (Å²) in [7, 11) is 0.798. The molecule has 2 aromatic carbocycles. The molecule has 3 rings (SSSR count). The van der Waals surface area contributed by atoms with Crippen molar-refractivity contribution in [2.24, 2.45) is 5.73 Å². The number of rotatable bonds is 7. The molecule has 0 aliphatic carbocycles. The second-order valence-corrected chi connectivity index (χ2v) is 7.54. The maximum Gasteiger partial charge on any atom is 0.573 e. The first-order chi connectivity index (χ1) is 17.6. The Labute approximate surface area is 213 Å². The van der Waals surface area contributed by atoms with Crippen LogP contribution in [-0.4, -0.2) is 30.3 Å². The molecule has 38 heavy (non-hydrogen) atoms. The minimum absolute atomic E-state index is 0.194. The molecule has 0 fully saturated rings. The third-order valence-electron chi connectivity index (χ3n) is 4.55. The lowest BCUT2D eigenvalue weighted by molar-refractivity contribution is -0.274. The van der Waals surface area contributed by atoms with Crippen LogP contribution in [0.5, 0.6) is 23.0 Å². The van der Waals surface area contributed by atoms with Gasteiger partial charge in [0.1, 0.15) is 39.8 Å². The molecule has 0 radical (unpaired) electrons. The molecule has 0 bridgehead atoms. The highest BCUT2D eigenvalue weighted by molar-refractivity contribution is 6.32. The zero-order valence-corrected chi connectivity index (χ0v) is 19.4. The number of alkyl halides is 6. The van der Waals surface area contributed by atoms with Gasteiger partial charge >= 0.3 is 12.5 Å². The number of methoxy groups -OCH3 is 1. The Kier molecular flexibility index (Phi) is 7.90. The number of nitrogens with one attached hydrogen (secondary N) is 1. The van der Waals surface area contributed by atoms with Crippen LogP contribution in [0.4, 0.5) is 36.4 Å². The highest BCUT2D eigenvalue weighted by Gasteiger charge is 2.41. The van der Waals surface area contributed by atoms with Crippen molar-refractivity contribution in [2.45, 2.75) is 12.5 Å². The van der Waals surface area contributed by atoms with Gasteiger partial charge in [-0.1, -0.05) is 11.6 Å². The van der Waals surface area contributed by atoms with Crippen LogP contribution < -0.4 is 25.3 Å². The summed E-state index contributed by atoms with van der Waals surface area (Å²) in [6.45, 7) is 0. The van der Waals surface area contributed by atoms with Gasteiger partial charge in [-0.25, -0.2) is 4.39 Å². The maximum absolute atomic E-state index is 15.3. The number of nitrogens with two attached hydrogens (primary N) is 1. The number of primary amides is 1. The Morgan fingerprint density at radius 1 is 1.00 bits per heavy atom. The van der Waals surface area contributed by atoms with Crippen molar-refractivity contribution in [3.05, 3.63) is 70.3 Å². The van der Waals surface area contributed by atoms with Crippen molar-refractivity contribution in [2.75, 3.05) is 12.4 Å². The normalized spacial score (nSPS) is 11.6. The van der Waals surface area contributed by atoms with Gasteiger partial charge in [0.25, 0.3) is 11.8 Å². The Balaban J connectivity index is 2.12. The summed E-state index contributed by atoms with van der Waals surface area (Å²) in [6.07, 6.45) is -9.34. The van der Waals surface area contributed by atoms with Crippen molar-refractivity contribution in [1.29, 1.82) is 0 Å². The molecule has 1 heterocycles. The fraction of sp³-hybridized carbons (Fsp3) is 0.136. The van der Waals surface area contributed by atoms with E-state index in [2.05, 4.69) is 19.8 Å². The van der Waals surface area contributed by atoms with Crippen LogP contribution in [0.25, 0.3) is 0 Å². The zero-order valence-electron chi connectivity index (χ0n) is 18.6. The van der Waals surface area contributed by atoms with Crippen LogP contribution in [-0.2, 0) is 6.18 Å². The summed E-state index contributed by atoms with van der Waals surface area (Å²) in [5, 5.41) is 1.56. The van der Waals surface area contributed by atoms with E-state index < -0.39 is 69.3 Å². The number of nitrogens with zero attached hydrogens (tertiary/aromatic N) is 1. The van der Waals surface area contributed by atoms with Crippen LogP contribution >= 0.6 is 11.6 Å². The third-order valence-corrected chi connectivity index (χ3v) is 4.85. The molecule has 3 aromatic rings. The number of anilines is 1. The number of amides is 2. The van der Waals surface area contributed by atoms with Crippen molar-refractivity contribution in [3.8, 4) is 23.0 Å². The third kappa shape index (κ3) is 6.53. The van der Waals surface area contributed by atoms with Crippen molar-refractivity contribution >= 4 is 29.1 Å². The Morgan fingerprint density at radius 3 is 2.24 bits per heavy atom. The number of ether oxygens (including phenoxy) is 3. The topological polar surface area (TPSA) is 113 Å². The van der Waals surface area contributed by atoms with E-state index >= 15 is 4.39 Å². The number of hydrogen-bond acceptors (Lipinski definition) is 6. The zero-order chi connectivity index (χ0) is 28.4. The molecule has 0 aliphatic heterocycles. The molecule has 0 saturated heterocycles. The molecule has 2 amide bonds. The number of hydrogen-bond donors (Lipinski definition) is 2. The monoisotopic (exact) mass is 567 g/mol. The number of carbonyl (C=O) groups is 2. The first kappa shape index (κ1) is 28.3. The largest absolute Gasteiger partial charge is 0.573 e. The fourth-order valence-corrected chi connectivity index (χ4v) is 3.25.